The molecule has 3 aromatic rings. The van der Waals surface area contributed by atoms with E-state index in [1.807, 2.05) is 4.57 Å². The largest absolute Gasteiger partial charge is 0.393 e. The molecule has 2 atom stereocenters. The molecule has 0 aliphatic heterocycles. The second-order valence-electron chi connectivity index (χ2n) is 9.65. The smallest absolute Gasteiger partial charge is 0.224 e. The molecular weight excluding hydrogens is 492 g/mol. The quantitative estimate of drug-likeness (QED) is 0.379. The molecule has 0 bridgehead atoms. The highest BCUT2D eigenvalue weighted by atomic mass is 35.5. The first-order chi connectivity index (χ1) is 17.3. The van der Waals surface area contributed by atoms with Crippen molar-refractivity contribution in [3.63, 3.8) is 0 Å². The number of amides is 1. The van der Waals surface area contributed by atoms with Gasteiger partial charge in [-0.3, -0.25) is 9.36 Å². The van der Waals surface area contributed by atoms with Gasteiger partial charge < -0.3 is 21.5 Å². The Morgan fingerprint density at radius 3 is 2.50 bits per heavy atom. The lowest BCUT2D eigenvalue weighted by Gasteiger charge is -2.29. The lowest BCUT2D eigenvalue weighted by Crippen LogP contribution is -2.30. The molecule has 0 saturated heterocycles. The van der Waals surface area contributed by atoms with E-state index in [0.717, 1.165) is 31.4 Å². The number of nitrogens with zero attached hydrogens (tertiary/aromatic N) is 4. The van der Waals surface area contributed by atoms with Gasteiger partial charge in [-0.1, -0.05) is 11.6 Å². The Labute approximate surface area is 211 Å². The molecule has 9 nitrogen and oxygen atoms in total. The van der Waals surface area contributed by atoms with Crippen molar-refractivity contribution >= 4 is 46.3 Å². The number of aliphatic hydroxyl groups is 1. The number of nitrogens with two attached hydrogens (primary N) is 1. The molecule has 2 saturated carbocycles. The summed E-state index contributed by atoms with van der Waals surface area (Å²) < 4.78 is 31.0. The van der Waals surface area contributed by atoms with E-state index in [-0.39, 0.29) is 46.7 Å². The average molecular weight is 520 g/mol. The molecule has 192 valence electrons. The Kier molecular flexibility index (Phi) is 6.94. The van der Waals surface area contributed by atoms with Crippen molar-refractivity contribution in [2.45, 2.75) is 69.6 Å². The van der Waals surface area contributed by atoms with Crippen LogP contribution in [0.1, 0.15) is 57.4 Å². The average Bonchev–Trinajstić information content (AvgIpc) is 3.18. The van der Waals surface area contributed by atoms with E-state index in [2.05, 4.69) is 20.6 Å². The second-order valence-corrected chi connectivity index (χ2v) is 10.1. The van der Waals surface area contributed by atoms with Crippen LogP contribution in [-0.2, 0) is 4.79 Å². The number of carbonyl (C=O) groups excluding carboxylic acids is 1. The maximum atomic E-state index is 14.6. The van der Waals surface area contributed by atoms with E-state index in [9.17, 15) is 18.7 Å². The standard InChI is InChI=1S/C24H28ClF2N7O2/c25-13-8-17(26)20(18(27)9-13)32-24-31-19-11-29-23(30-14-2-1-3-16(35)10-14)33-22(19)34(24)15-6-4-12(5-7-15)21(28)36/h8-9,11-12,14-16,35H,1-7,10H2,(H2,28,36)(H,31,32)(H,29,30,33)/t12-,14-,15-,16-/m1/s1. The second kappa shape index (κ2) is 10.1. The molecule has 2 aliphatic rings. The number of benzene rings is 1. The van der Waals surface area contributed by atoms with Gasteiger partial charge in [0.1, 0.15) is 11.2 Å². The summed E-state index contributed by atoms with van der Waals surface area (Å²) in [6.07, 6.45) is 6.86. The van der Waals surface area contributed by atoms with Gasteiger partial charge >= 0.3 is 0 Å². The summed E-state index contributed by atoms with van der Waals surface area (Å²) in [5.41, 5.74) is 6.10. The van der Waals surface area contributed by atoms with Crippen molar-refractivity contribution in [2.24, 2.45) is 11.7 Å². The summed E-state index contributed by atoms with van der Waals surface area (Å²) in [5.74, 6) is -1.61. The Bertz CT molecular complexity index is 1260. The highest BCUT2D eigenvalue weighted by molar-refractivity contribution is 6.30. The highest BCUT2D eigenvalue weighted by Crippen LogP contribution is 2.38. The number of imidazole rings is 1. The zero-order valence-electron chi connectivity index (χ0n) is 19.6. The lowest BCUT2D eigenvalue weighted by molar-refractivity contribution is -0.122. The number of nitrogens with one attached hydrogen (secondary N) is 2. The molecule has 36 heavy (non-hydrogen) atoms. The van der Waals surface area contributed by atoms with Crippen molar-refractivity contribution in [1.82, 2.24) is 19.5 Å². The first kappa shape index (κ1) is 24.6. The fourth-order valence-corrected chi connectivity index (χ4v) is 5.46. The third-order valence-corrected chi connectivity index (χ3v) is 7.34. The van der Waals surface area contributed by atoms with Crippen LogP contribution in [0.15, 0.2) is 18.3 Å². The van der Waals surface area contributed by atoms with Crippen molar-refractivity contribution in [2.75, 3.05) is 10.6 Å². The minimum absolute atomic E-state index is 0.0448. The number of anilines is 3. The van der Waals surface area contributed by atoms with Crippen LogP contribution in [0.3, 0.4) is 0 Å². The monoisotopic (exact) mass is 519 g/mol. The van der Waals surface area contributed by atoms with Gasteiger partial charge in [0.15, 0.2) is 17.3 Å². The van der Waals surface area contributed by atoms with Crippen molar-refractivity contribution in [3.8, 4) is 0 Å². The van der Waals surface area contributed by atoms with Crippen LogP contribution < -0.4 is 16.4 Å². The van der Waals surface area contributed by atoms with E-state index in [1.165, 1.54) is 0 Å². The zero-order chi connectivity index (χ0) is 25.4. The Morgan fingerprint density at radius 1 is 1.11 bits per heavy atom. The Hall–Kier alpha value is -3.05. The number of hydrogen-bond acceptors (Lipinski definition) is 7. The van der Waals surface area contributed by atoms with Gasteiger partial charge in [-0.2, -0.15) is 4.98 Å². The van der Waals surface area contributed by atoms with E-state index in [0.29, 0.717) is 49.2 Å². The molecule has 0 radical (unpaired) electrons. The minimum atomic E-state index is -0.847. The van der Waals surface area contributed by atoms with Crippen LogP contribution in [0.4, 0.5) is 26.4 Å². The number of aliphatic hydroxyl groups excluding tert-OH is 1. The van der Waals surface area contributed by atoms with Crippen molar-refractivity contribution in [1.29, 1.82) is 0 Å². The number of carbonyl (C=O) groups is 1. The van der Waals surface area contributed by atoms with Crippen molar-refractivity contribution < 1.29 is 18.7 Å². The summed E-state index contributed by atoms with van der Waals surface area (Å²) in [6, 6.07) is 1.98. The van der Waals surface area contributed by atoms with Crippen LogP contribution in [0.5, 0.6) is 0 Å². The summed E-state index contributed by atoms with van der Waals surface area (Å²) in [5, 5.41) is 16.0. The Morgan fingerprint density at radius 2 is 1.83 bits per heavy atom. The summed E-state index contributed by atoms with van der Waals surface area (Å²) in [6.45, 7) is 0. The minimum Gasteiger partial charge on any atom is -0.393 e. The summed E-state index contributed by atoms with van der Waals surface area (Å²) in [7, 11) is 0. The van der Waals surface area contributed by atoms with Gasteiger partial charge in [-0.05, 0) is 63.5 Å². The SMILES string of the molecule is NC(=O)[C@H]1CC[C@H](n2c(Nc3c(F)cc(Cl)cc3F)nc3cnc(N[C@@H]4CCC[C@@H](O)C4)nc32)CC1. The molecule has 2 heterocycles. The molecular formula is C24H28ClF2N7O2. The van der Waals surface area contributed by atoms with Gasteiger partial charge in [0.25, 0.3) is 0 Å². The number of fused-ring (bicyclic) bond motifs is 1. The molecule has 2 aliphatic carbocycles. The van der Waals surface area contributed by atoms with Gasteiger partial charge in [0, 0.05) is 23.0 Å². The highest BCUT2D eigenvalue weighted by Gasteiger charge is 2.30. The Balaban J connectivity index is 1.51. The molecule has 0 spiro atoms. The lowest BCUT2D eigenvalue weighted by atomic mass is 9.85. The molecule has 2 aromatic heterocycles. The zero-order valence-corrected chi connectivity index (χ0v) is 20.3. The fraction of sp³-hybridized carbons (Fsp3) is 0.500. The van der Waals surface area contributed by atoms with Crippen LogP contribution >= 0.6 is 11.6 Å². The molecule has 0 unspecified atom stereocenters. The maximum Gasteiger partial charge on any atom is 0.224 e. The van der Waals surface area contributed by atoms with Crippen LogP contribution in [0, 0.1) is 17.6 Å². The predicted molar refractivity (Wildman–Crippen MR) is 132 cm³/mol. The van der Waals surface area contributed by atoms with E-state index in [1.54, 1.807) is 6.20 Å². The fourth-order valence-electron chi connectivity index (χ4n) is 5.26. The number of aromatic nitrogens is 4. The third-order valence-electron chi connectivity index (χ3n) is 7.12. The normalized spacial score (nSPS) is 24.6. The molecule has 2 fully saturated rings. The summed E-state index contributed by atoms with van der Waals surface area (Å²) in [4.78, 5) is 25.3. The van der Waals surface area contributed by atoms with Gasteiger partial charge in [0.2, 0.25) is 17.8 Å². The first-order valence-corrected chi connectivity index (χ1v) is 12.6. The number of primary amides is 1. The first-order valence-electron chi connectivity index (χ1n) is 12.2. The molecule has 5 rings (SSSR count). The van der Waals surface area contributed by atoms with Gasteiger partial charge in [0.05, 0.1) is 12.3 Å². The molecule has 5 N–H and O–H groups in total. The van der Waals surface area contributed by atoms with Crippen LogP contribution in [0.25, 0.3) is 11.2 Å². The van der Waals surface area contributed by atoms with Crippen molar-refractivity contribution in [3.05, 3.63) is 35.0 Å². The summed E-state index contributed by atoms with van der Waals surface area (Å²) >= 11 is 5.78. The molecule has 1 aromatic carbocycles. The van der Waals surface area contributed by atoms with Crippen LogP contribution in [0.2, 0.25) is 5.02 Å². The van der Waals surface area contributed by atoms with E-state index in [4.69, 9.17) is 22.3 Å². The van der Waals surface area contributed by atoms with Gasteiger partial charge in [-0.25, -0.2) is 18.7 Å². The van der Waals surface area contributed by atoms with E-state index < -0.39 is 11.6 Å². The number of halogens is 3. The topological polar surface area (TPSA) is 131 Å². The molecule has 1 amide bonds. The number of rotatable bonds is 6. The molecule has 12 heteroatoms. The third kappa shape index (κ3) is 5.08. The van der Waals surface area contributed by atoms with E-state index >= 15 is 0 Å². The maximum absolute atomic E-state index is 14.6. The number of hydrogen-bond donors (Lipinski definition) is 4. The van der Waals surface area contributed by atoms with Gasteiger partial charge in [-0.15, -0.1) is 0 Å². The van der Waals surface area contributed by atoms with Crippen LogP contribution in [-0.4, -0.2) is 42.7 Å². The predicted octanol–water partition coefficient (Wildman–Crippen LogP) is 4.43.